The minimum atomic E-state index is 0.620. The summed E-state index contributed by atoms with van der Waals surface area (Å²) in [6.45, 7) is 1.64. The first-order chi connectivity index (χ1) is 8.66. The fourth-order valence-electron chi connectivity index (χ4n) is 1.15. The first-order valence-corrected chi connectivity index (χ1v) is 7.31. The third-order valence-electron chi connectivity index (χ3n) is 2.11. The smallest absolute Gasteiger partial charge is 0.209 e. The van der Waals surface area contributed by atoms with E-state index in [-0.39, 0.29) is 0 Å². The number of nitrogens with zero attached hydrogens (tertiary/aromatic N) is 7. The normalized spacial score (nSPS) is 11.3. The maximum absolute atomic E-state index is 5.94. The summed E-state index contributed by atoms with van der Waals surface area (Å²) in [5.74, 6) is 0.623. The van der Waals surface area contributed by atoms with Gasteiger partial charge in [0, 0.05) is 23.8 Å². The summed E-state index contributed by atoms with van der Waals surface area (Å²) >= 11 is 8.63. The number of likely N-dealkylation sites (N-methyl/N-ethyl adjacent to an activating group) is 1. The van der Waals surface area contributed by atoms with Gasteiger partial charge in [0.2, 0.25) is 5.16 Å². The van der Waals surface area contributed by atoms with Crippen LogP contribution in [0.4, 0.5) is 0 Å². The van der Waals surface area contributed by atoms with E-state index in [0.717, 1.165) is 23.9 Å². The average Bonchev–Trinajstić information content (AvgIpc) is 2.92. The second-order valence-electron chi connectivity index (χ2n) is 3.77. The molecule has 0 bridgehead atoms. The van der Waals surface area contributed by atoms with Gasteiger partial charge in [-0.2, -0.15) is 0 Å². The van der Waals surface area contributed by atoms with Crippen molar-refractivity contribution >= 4 is 34.9 Å². The van der Waals surface area contributed by atoms with Crippen LogP contribution in [-0.4, -0.2) is 55.3 Å². The first kappa shape index (κ1) is 13.7. The number of hydrogen-bond donors (Lipinski definition) is 0. The van der Waals surface area contributed by atoms with E-state index < -0.39 is 0 Å². The standard InChI is InChI=1S/C8H12ClN7S2/c1-15(2)3-4-16-8(11-12-13-16)17-5-6-7(9)18-14-10-6/h3-5H2,1-2H3. The molecule has 0 aliphatic rings. The summed E-state index contributed by atoms with van der Waals surface area (Å²) in [7, 11) is 4.02. The fraction of sp³-hybridized carbons (Fsp3) is 0.625. The van der Waals surface area contributed by atoms with Crippen LogP contribution in [0, 0.1) is 0 Å². The zero-order chi connectivity index (χ0) is 13.0. The van der Waals surface area contributed by atoms with Crippen LogP contribution < -0.4 is 0 Å². The molecule has 7 nitrogen and oxygen atoms in total. The summed E-state index contributed by atoms with van der Waals surface area (Å²) in [5.41, 5.74) is 0.772. The van der Waals surface area contributed by atoms with Crippen molar-refractivity contribution in [3.8, 4) is 0 Å². The lowest BCUT2D eigenvalue weighted by molar-refractivity contribution is 0.361. The van der Waals surface area contributed by atoms with Gasteiger partial charge in [-0.3, -0.25) is 0 Å². The van der Waals surface area contributed by atoms with E-state index in [0.29, 0.717) is 10.1 Å². The molecule has 0 aliphatic carbocycles. The van der Waals surface area contributed by atoms with Crippen LogP contribution in [0.5, 0.6) is 0 Å². The van der Waals surface area contributed by atoms with E-state index in [1.165, 1.54) is 23.3 Å². The summed E-state index contributed by atoms with van der Waals surface area (Å²) in [5, 5.41) is 16.3. The molecule has 0 atom stereocenters. The third kappa shape index (κ3) is 3.61. The second kappa shape index (κ2) is 6.41. The number of aromatic nitrogens is 6. The maximum Gasteiger partial charge on any atom is 0.209 e. The highest BCUT2D eigenvalue weighted by molar-refractivity contribution is 7.98. The van der Waals surface area contributed by atoms with E-state index in [9.17, 15) is 0 Å². The summed E-state index contributed by atoms with van der Waals surface area (Å²) < 4.78 is 6.18. The molecule has 98 valence electrons. The molecule has 2 rings (SSSR count). The van der Waals surface area contributed by atoms with Crippen LogP contribution in [0.3, 0.4) is 0 Å². The average molecular weight is 306 g/mol. The second-order valence-corrected chi connectivity index (χ2v) is 6.07. The zero-order valence-electron chi connectivity index (χ0n) is 9.95. The van der Waals surface area contributed by atoms with Gasteiger partial charge in [-0.25, -0.2) is 4.68 Å². The molecular formula is C8H12ClN7S2. The van der Waals surface area contributed by atoms with Crippen LogP contribution in [0.2, 0.25) is 4.34 Å². The van der Waals surface area contributed by atoms with Gasteiger partial charge in [0.1, 0.15) is 10.0 Å². The molecule has 10 heteroatoms. The Labute approximate surface area is 118 Å². The van der Waals surface area contributed by atoms with E-state index in [1.54, 1.807) is 4.68 Å². The van der Waals surface area contributed by atoms with Crippen LogP contribution >= 0.6 is 34.9 Å². The molecular weight excluding hydrogens is 294 g/mol. The van der Waals surface area contributed by atoms with Gasteiger partial charge in [-0.05, 0) is 24.5 Å². The van der Waals surface area contributed by atoms with Crippen molar-refractivity contribution < 1.29 is 0 Å². The molecule has 0 fully saturated rings. The third-order valence-corrected chi connectivity index (χ3v) is 4.06. The van der Waals surface area contributed by atoms with Gasteiger partial charge in [-0.15, -0.1) is 10.2 Å². The van der Waals surface area contributed by atoms with Crippen LogP contribution in [-0.2, 0) is 12.3 Å². The monoisotopic (exact) mass is 305 g/mol. The van der Waals surface area contributed by atoms with Crippen molar-refractivity contribution in [1.82, 2.24) is 34.7 Å². The minimum absolute atomic E-state index is 0.620. The van der Waals surface area contributed by atoms with Crippen molar-refractivity contribution in [2.75, 3.05) is 20.6 Å². The van der Waals surface area contributed by atoms with E-state index in [4.69, 9.17) is 11.6 Å². The van der Waals surface area contributed by atoms with Gasteiger partial charge in [0.25, 0.3) is 0 Å². The molecule has 0 saturated heterocycles. The van der Waals surface area contributed by atoms with E-state index in [1.807, 2.05) is 14.1 Å². The highest BCUT2D eigenvalue weighted by atomic mass is 35.5. The topological polar surface area (TPSA) is 72.6 Å². The Morgan fingerprint density at radius 1 is 1.39 bits per heavy atom. The van der Waals surface area contributed by atoms with Crippen LogP contribution in [0.1, 0.15) is 5.69 Å². The van der Waals surface area contributed by atoms with Crippen molar-refractivity contribution in [3.63, 3.8) is 0 Å². The van der Waals surface area contributed by atoms with Gasteiger partial charge in [0.05, 0.1) is 6.54 Å². The van der Waals surface area contributed by atoms with Gasteiger partial charge in [0.15, 0.2) is 0 Å². The van der Waals surface area contributed by atoms with Crippen molar-refractivity contribution in [2.45, 2.75) is 17.5 Å². The van der Waals surface area contributed by atoms with Crippen LogP contribution in [0.15, 0.2) is 5.16 Å². The molecule has 18 heavy (non-hydrogen) atoms. The molecule has 0 aromatic carbocycles. The fourth-order valence-corrected chi connectivity index (χ4v) is 2.79. The molecule has 2 heterocycles. The van der Waals surface area contributed by atoms with E-state index >= 15 is 0 Å². The lowest BCUT2D eigenvalue weighted by atomic mass is 10.6. The number of halogens is 1. The van der Waals surface area contributed by atoms with Gasteiger partial charge < -0.3 is 4.90 Å². The lowest BCUT2D eigenvalue weighted by Gasteiger charge is -2.09. The largest absolute Gasteiger partial charge is 0.308 e. The Balaban J connectivity index is 1.93. The predicted octanol–water partition coefficient (Wildman–Crippen LogP) is 1.03. The first-order valence-electron chi connectivity index (χ1n) is 5.17. The minimum Gasteiger partial charge on any atom is -0.308 e. The molecule has 0 radical (unpaired) electrons. The SMILES string of the molecule is CN(C)CCn1nnnc1SCc1nnsc1Cl. The highest BCUT2D eigenvalue weighted by Crippen LogP contribution is 2.25. The lowest BCUT2D eigenvalue weighted by Crippen LogP contribution is -2.19. The predicted molar refractivity (Wildman–Crippen MR) is 70.9 cm³/mol. The number of rotatable bonds is 6. The molecule has 0 aliphatic heterocycles. The molecule has 0 spiro atoms. The number of thioether (sulfide) groups is 1. The van der Waals surface area contributed by atoms with Gasteiger partial charge in [-0.1, -0.05) is 27.9 Å². The zero-order valence-corrected chi connectivity index (χ0v) is 12.3. The molecule has 0 saturated carbocycles. The number of hydrogen-bond acceptors (Lipinski definition) is 8. The highest BCUT2D eigenvalue weighted by Gasteiger charge is 2.11. The Hall–Kier alpha value is -0.770. The Bertz CT molecular complexity index is 497. The quantitative estimate of drug-likeness (QED) is 0.738. The van der Waals surface area contributed by atoms with E-state index in [2.05, 4.69) is 30.0 Å². The Morgan fingerprint density at radius 2 is 2.22 bits per heavy atom. The Kier molecular flexibility index (Phi) is 4.87. The van der Waals surface area contributed by atoms with Crippen molar-refractivity contribution in [1.29, 1.82) is 0 Å². The molecule has 0 N–H and O–H groups in total. The summed E-state index contributed by atoms with van der Waals surface area (Å²) in [4.78, 5) is 2.08. The Morgan fingerprint density at radius 3 is 2.89 bits per heavy atom. The summed E-state index contributed by atoms with van der Waals surface area (Å²) in [6.07, 6.45) is 0. The van der Waals surface area contributed by atoms with Crippen LogP contribution in [0.25, 0.3) is 0 Å². The summed E-state index contributed by atoms with van der Waals surface area (Å²) in [6, 6.07) is 0. The molecule has 2 aromatic rings. The molecule has 2 aromatic heterocycles. The maximum atomic E-state index is 5.94. The van der Waals surface area contributed by atoms with Crippen molar-refractivity contribution in [2.24, 2.45) is 0 Å². The molecule has 0 amide bonds. The number of tetrazole rings is 1. The van der Waals surface area contributed by atoms with Crippen molar-refractivity contribution in [3.05, 3.63) is 10.0 Å². The molecule has 0 unspecified atom stereocenters. The van der Waals surface area contributed by atoms with Gasteiger partial charge >= 0.3 is 0 Å².